The molecule has 0 aliphatic rings. The Labute approximate surface area is 105 Å². The Balaban J connectivity index is 2.67. The zero-order valence-electron chi connectivity index (χ0n) is 10.4. The summed E-state index contributed by atoms with van der Waals surface area (Å²) < 4.78 is 9.34. The number of hydrogen-bond acceptors (Lipinski definition) is 5. The highest BCUT2D eigenvalue weighted by Crippen LogP contribution is 2.09. The van der Waals surface area contributed by atoms with Gasteiger partial charge < -0.3 is 14.6 Å². The van der Waals surface area contributed by atoms with Crippen LogP contribution in [-0.2, 0) is 9.47 Å². The van der Waals surface area contributed by atoms with Gasteiger partial charge in [-0.1, -0.05) is 13.3 Å². The molecule has 18 heavy (non-hydrogen) atoms. The van der Waals surface area contributed by atoms with Gasteiger partial charge in [0.1, 0.15) is 0 Å². The first kappa shape index (κ1) is 14.2. The van der Waals surface area contributed by atoms with Crippen LogP contribution in [0.3, 0.4) is 0 Å². The number of ether oxygens (including phenoxy) is 2. The molecule has 1 aromatic rings. The zero-order chi connectivity index (χ0) is 13.5. The predicted molar refractivity (Wildman–Crippen MR) is 64.1 cm³/mol. The molecule has 0 saturated carbocycles. The van der Waals surface area contributed by atoms with E-state index in [9.17, 15) is 14.7 Å². The second-order valence-electron chi connectivity index (χ2n) is 3.72. The molecule has 98 valence electrons. The molecule has 0 heterocycles. The van der Waals surface area contributed by atoms with Gasteiger partial charge >= 0.3 is 11.9 Å². The summed E-state index contributed by atoms with van der Waals surface area (Å²) in [5.41, 5.74) is 0.626. The van der Waals surface area contributed by atoms with Crippen molar-refractivity contribution >= 4 is 11.9 Å². The molecule has 0 spiro atoms. The Morgan fingerprint density at radius 3 is 2.11 bits per heavy atom. The van der Waals surface area contributed by atoms with Gasteiger partial charge in [-0.15, -0.1) is 0 Å². The maximum Gasteiger partial charge on any atom is 0.340 e. The standard InChI is InChI=1S/C13H16O5/c1-3-4-11(14)18-13(16)10-7-5-9(6-8-10)12(15)17-2/h5-8,11,14H,3-4H2,1-2H3. The Morgan fingerprint density at radius 2 is 1.67 bits per heavy atom. The van der Waals surface area contributed by atoms with Gasteiger partial charge in [-0.2, -0.15) is 0 Å². The van der Waals surface area contributed by atoms with Crippen molar-refractivity contribution in [2.24, 2.45) is 0 Å². The number of rotatable bonds is 5. The molecular formula is C13H16O5. The van der Waals surface area contributed by atoms with Gasteiger partial charge in [0.2, 0.25) is 6.29 Å². The first-order valence-corrected chi connectivity index (χ1v) is 5.66. The number of benzene rings is 1. The third kappa shape index (κ3) is 3.85. The maximum atomic E-state index is 11.6. The van der Waals surface area contributed by atoms with E-state index in [1.54, 1.807) is 0 Å². The SMILES string of the molecule is CCCC(O)OC(=O)c1ccc(C(=O)OC)cc1. The van der Waals surface area contributed by atoms with Crippen LogP contribution >= 0.6 is 0 Å². The average Bonchev–Trinajstić information content (AvgIpc) is 2.38. The van der Waals surface area contributed by atoms with E-state index in [0.717, 1.165) is 6.42 Å². The van der Waals surface area contributed by atoms with E-state index >= 15 is 0 Å². The normalized spacial score (nSPS) is 11.7. The lowest BCUT2D eigenvalue weighted by Gasteiger charge is -2.10. The van der Waals surface area contributed by atoms with Crippen LogP contribution in [0.4, 0.5) is 0 Å². The largest absolute Gasteiger partial charge is 0.465 e. The van der Waals surface area contributed by atoms with Crippen LogP contribution in [0.1, 0.15) is 40.5 Å². The molecule has 0 aromatic heterocycles. The second kappa shape index (κ2) is 6.76. The first-order chi connectivity index (χ1) is 8.58. The van der Waals surface area contributed by atoms with E-state index in [1.165, 1.54) is 31.4 Å². The predicted octanol–water partition coefficient (Wildman–Crippen LogP) is 1.75. The van der Waals surface area contributed by atoms with Crippen LogP contribution in [0.25, 0.3) is 0 Å². The number of carbonyl (C=O) groups excluding carboxylic acids is 2. The minimum atomic E-state index is -1.09. The molecule has 0 fully saturated rings. The van der Waals surface area contributed by atoms with Crippen molar-refractivity contribution < 1.29 is 24.2 Å². The molecule has 1 atom stereocenters. The number of carbonyl (C=O) groups is 2. The summed E-state index contributed by atoms with van der Waals surface area (Å²) in [7, 11) is 1.28. The number of esters is 2. The molecule has 0 amide bonds. The fourth-order valence-electron chi connectivity index (χ4n) is 1.36. The van der Waals surface area contributed by atoms with E-state index in [1.807, 2.05) is 6.92 Å². The quantitative estimate of drug-likeness (QED) is 0.638. The fourth-order valence-corrected chi connectivity index (χ4v) is 1.36. The Morgan fingerprint density at radius 1 is 1.17 bits per heavy atom. The molecule has 1 unspecified atom stereocenters. The summed E-state index contributed by atoms with van der Waals surface area (Å²) in [5.74, 6) is -1.09. The van der Waals surface area contributed by atoms with Gasteiger partial charge in [0, 0.05) is 6.42 Å². The van der Waals surface area contributed by atoms with Crippen LogP contribution in [-0.4, -0.2) is 30.4 Å². The van der Waals surface area contributed by atoms with Crippen LogP contribution in [0.2, 0.25) is 0 Å². The Bertz CT molecular complexity index is 410. The lowest BCUT2D eigenvalue weighted by atomic mass is 10.1. The molecule has 0 bridgehead atoms. The van der Waals surface area contributed by atoms with E-state index in [0.29, 0.717) is 12.0 Å². The molecule has 0 aliphatic heterocycles. The van der Waals surface area contributed by atoms with Gasteiger partial charge in [0.05, 0.1) is 18.2 Å². The topological polar surface area (TPSA) is 72.8 Å². The van der Waals surface area contributed by atoms with Crippen molar-refractivity contribution in [2.45, 2.75) is 26.1 Å². The third-order valence-corrected chi connectivity index (χ3v) is 2.32. The van der Waals surface area contributed by atoms with Gasteiger partial charge in [0.25, 0.3) is 0 Å². The number of aliphatic hydroxyl groups is 1. The lowest BCUT2D eigenvalue weighted by Crippen LogP contribution is -2.17. The number of methoxy groups -OCH3 is 1. The van der Waals surface area contributed by atoms with Crippen molar-refractivity contribution in [1.29, 1.82) is 0 Å². The summed E-state index contributed by atoms with van der Waals surface area (Å²) in [6.07, 6.45) is 0.0182. The van der Waals surface area contributed by atoms with Gasteiger partial charge in [-0.25, -0.2) is 9.59 Å². The number of hydrogen-bond donors (Lipinski definition) is 1. The smallest absolute Gasteiger partial charge is 0.340 e. The molecule has 0 saturated heterocycles. The Hall–Kier alpha value is -1.88. The molecule has 5 heteroatoms. The van der Waals surface area contributed by atoms with Gasteiger partial charge in [0.15, 0.2) is 0 Å². The summed E-state index contributed by atoms with van der Waals surface area (Å²) in [6, 6.07) is 5.84. The average molecular weight is 252 g/mol. The van der Waals surface area contributed by atoms with Crippen LogP contribution < -0.4 is 0 Å². The van der Waals surface area contributed by atoms with E-state index < -0.39 is 18.2 Å². The molecule has 1 rings (SSSR count). The summed E-state index contributed by atoms with van der Waals surface area (Å²) >= 11 is 0. The molecular weight excluding hydrogens is 236 g/mol. The fraction of sp³-hybridized carbons (Fsp3) is 0.385. The molecule has 0 aliphatic carbocycles. The molecule has 1 aromatic carbocycles. The van der Waals surface area contributed by atoms with Crippen LogP contribution in [0.5, 0.6) is 0 Å². The van der Waals surface area contributed by atoms with E-state index in [-0.39, 0.29) is 5.56 Å². The lowest BCUT2D eigenvalue weighted by molar-refractivity contribution is -0.0685. The van der Waals surface area contributed by atoms with Gasteiger partial charge in [-0.05, 0) is 24.3 Å². The monoisotopic (exact) mass is 252 g/mol. The van der Waals surface area contributed by atoms with Crippen LogP contribution in [0, 0.1) is 0 Å². The highest BCUT2D eigenvalue weighted by molar-refractivity contribution is 5.93. The minimum absolute atomic E-state index is 0.276. The molecule has 5 nitrogen and oxygen atoms in total. The number of aliphatic hydroxyl groups excluding tert-OH is 1. The Kier molecular flexibility index (Phi) is 5.32. The summed E-state index contributed by atoms with van der Waals surface area (Å²) in [5, 5.41) is 9.34. The maximum absolute atomic E-state index is 11.6. The minimum Gasteiger partial charge on any atom is -0.465 e. The van der Waals surface area contributed by atoms with Crippen molar-refractivity contribution in [1.82, 2.24) is 0 Å². The van der Waals surface area contributed by atoms with E-state index in [4.69, 9.17) is 4.74 Å². The van der Waals surface area contributed by atoms with Crippen molar-refractivity contribution in [3.05, 3.63) is 35.4 Å². The van der Waals surface area contributed by atoms with Crippen molar-refractivity contribution in [3.8, 4) is 0 Å². The highest BCUT2D eigenvalue weighted by atomic mass is 16.6. The zero-order valence-corrected chi connectivity index (χ0v) is 10.4. The molecule has 0 radical (unpaired) electrons. The third-order valence-electron chi connectivity index (χ3n) is 2.32. The van der Waals surface area contributed by atoms with Gasteiger partial charge in [-0.3, -0.25) is 0 Å². The second-order valence-corrected chi connectivity index (χ2v) is 3.72. The summed E-state index contributed by atoms with van der Waals surface area (Å²) in [4.78, 5) is 22.8. The van der Waals surface area contributed by atoms with E-state index in [2.05, 4.69) is 4.74 Å². The first-order valence-electron chi connectivity index (χ1n) is 5.66. The van der Waals surface area contributed by atoms with Crippen molar-refractivity contribution in [3.63, 3.8) is 0 Å². The van der Waals surface area contributed by atoms with Crippen LogP contribution in [0.15, 0.2) is 24.3 Å². The molecule has 1 N–H and O–H groups in total. The summed E-state index contributed by atoms with van der Waals surface area (Å²) in [6.45, 7) is 1.88. The van der Waals surface area contributed by atoms with Crippen molar-refractivity contribution in [2.75, 3.05) is 7.11 Å². The highest BCUT2D eigenvalue weighted by Gasteiger charge is 2.13.